The van der Waals surface area contributed by atoms with Crippen LogP contribution in [0, 0.1) is 0 Å². The summed E-state index contributed by atoms with van der Waals surface area (Å²) in [4.78, 5) is 3.03. The van der Waals surface area contributed by atoms with Crippen LogP contribution in [-0.4, -0.2) is 18.5 Å². The van der Waals surface area contributed by atoms with Crippen molar-refractivity contribution in [2.45, 2.75) is 20.8 Å². The fourth-order valence-electron chi connectivity index (χ4n) is 0.907. The SMILES string of the molecule is C=C(C)/C(S)=C(\C)N(C)C/C=C(/C)N. The Morgan fingerprint density at radius 2 is 1.93 bits per heavy atom. The first kappa shape index (κ1) is 13.2. The Labute approximate surface area is 92.6 Å². The maximum Gasteiger partial charge on any atom is 0.0372 e. The molecule has 0 atom stereocenters. The zero-order chi connectivity index (χ0) is 11.3. The van der Waals surface area contributed by atoms with Gasteiger partial charge in [0.05, 0.1) is 0 Å². The molecule has 80 valence electrons. The lowest BCUT2D eigenvalue weighted by atomic mass is 10.2. The van der Waals surface area contributed by atoms with Crippen molar-refractivity contribution in [3.8, 4) is 0 Å². The Morgan fingerprint density at radius 3 is 2.29 bits per heavy atom. The van der Waals surface area contributed by atoms with Crippen molar-refractivity contribution in [1.29, 1.82) is 0 Å². The molecule has 3 heteroatoms. The van der Waals surface area contributed by atoms with Gasteiger partial charge >= 0.3 is 0 Å². The second kappa shape index (κ2) is 5.81. The van der Waals surface area contributed by atoms with E-state index >= 15 is 0 Å². The van der Waals surface area contributed by atoms with Crippen LogP contribution in [0.3, 0.4) is 0 Å². The summed E-state index contributed by atoms with van der Waals surface area (Å²) in [6.45, 7) is 10.5. The number of rotatable bonds is 4. The van der Waals surface area contributed by atoms with Crippen LogP contribution < -0.4 is 5.73 Å². The number of hydrogen-bond donors (Lipinski definition) is 2. The maximum absolute atomic E-state index is 5.56. The summed E-state index contributed by atoms with van der Waals surface area (Å²) in [7, 11) is 2.01. The Kier molecular flexibility index (Phi) is 5.46. The third-order valence-electron chi connectivity index (χ3n) is 2.01. The summed E-state index contributed by atoms with van der Waals surface area (Å²) in [5.41, 5.74) is 8.48. The molecule has 0 aromatic heterocycles. The van der Waals surface area contributed by atoms with Gasteiger partial charge in [0.25, 0.3) is 0 Å². The summed E-state index contributed by atoms with van der Waals surface area (Å²) in [6, 6.07) is 0. The van der Waals surface area contributed by atoms with Gasteiger partial charge in [-0.15, -0.1) is 12.6 Å². The average molecular weight is 212 g/mol. The van der Waals surface area contributed by atoms with Crippen LogP contribution in [0.5, 0.6) is 0 Å². The summed E-state index contributed by atoms with van der Waals surface area (Å²) >= 11 is 4.39. The number of thiol groups is 1. The highest BCUT2D eigenvalue weighted by atomic mass is 32.1. The summed E-state index contributed by atoms with van der Waals surface area (Å²) < 4.78 is 0. The molecule has 0 aliphatic carbocycles. The van der Waals surface area contributed by atoms with Crippen molar-refractivity contribution in [1.82, 2.24) is 4.90 Å². The molecule has 2 nitrogen and oxygen atoms in total. The molecular weight excluding hydrogens is 192 g/mol. The van der Waals surface area contributed by atoms with Crippen molar-refractivity contribution in [2.24, 2.45) is 5.73 Å². The van der Waals surface area contributed by atoms with Crippen molar-refractivity contribution in [3.05, 3.63) is 34.5 Å². The molecule has 0 radical (unpaired) electrons. The lowest BCUT2D eigenvalue weighted by Crippen LogP contribution is -2.17. The van der Waals surface area contributed by atoms with Gasteiger partial charge in [0.1, 0.15) is 0 Å². The largest absolute Gasteiger partial charge is 0.402 e. The van der Waals surface area contributed by atoms with Gasteiger partial charge in [-0.3, -0.25) is 0 Å². The first-order chi connectivity index (χ1) is 6.36. The van der Waals surface area contributed by atoms with E-state index in [0.29, 0.717) is 0 Å². The molecule has 0 aliphatic rings. The van der Waals surface area contributed by atoms with Gasteiger partial charge in [0, 0.05) is 29.9 Å². The smallest absolute Gasteiger partial charge is 0.0372 e. The normalized spacial score (nSPS) is 13.6. The fourth-order valence-corrected chi connectivity index (χ4v) is 1.08. The molecule has 14 heavy (non-hydrogen) atoms. The van der Waals surface area contributed by atoms with E-state index in [-0.39, 0.29) is 0 Å². The van der Waals surface area contributed by atoms with E-state index in [1.165, 1.54) is 0 Å². The number of nitrogens with two attached hydrogens (primary N) is 1. The molecule has 0 aromatic carbocycles. The standard InChI is InChI=1S/C11H20N2S/c1-8(2)11(14)10(4)13(5)7-6-9(3)12/h6,14H,1,7,12H2,2-5H3/b9-6-,11-10-. The average Bonchev–Trinajstić information content (AvgIpc) is 2.11. The lowest BCUT2D eigenvalue weighted by Gasteiger charge is -2.20. The molecule has 0 saturated heterocycles. The molecule has 0 fully saturated rings. The second-order valence-corrected chi connectivity index (χ2v) is 3.99. The highest BCUT2D eigenvalue weighted by molar-refractivity contribution is 7.84. The van der Waals surface area contributed by atoms with Crippen molar-refractivity contribution >= 4 is 12.6 Å². The Balaban J connectivity index is 4.54. The molecule has 0 spiro atoms. The van der Waals surface area contributed by atoms with Crippen LogP contribution in [0.1, 0.15) is 20.8 Å². The minimum absolute atomic E-state index is 0.797. The van der Waals surface area contributed by atoms with E-state index in [1.54, 1.807) is 0 Å². The van der Waals surface area contributed by atoms with Gasteiger partial charge < -0.3 is 10.6 Å². The molecule has 0 aromatic rings. The molecule has 0 heterocycles. The van der Waals surface area contributed by atoms with E-state index in [0.717, 1.165) is 28.4 Å². The third kappa shape index (κ3) is 4.42. The maximum atomic E-state index is 5.56. The van der Waals surface area contributed by atoms with Gasteiger partial charge in [-0.05, 0) is 32.4 Å². The Morgan fingerprint density at radius 1 is 1.43 bits per heavy atom. The van der Waals surface area contributed by atoms with Crippen LogP contribution in [0.25, 0.3) is 0 Å². The van der Waals surface area contributed by atoms with E-state index in [9.17, 15) is 0 Å². The topological polar surface area (TPSA) is 29.3 Å². The molecule has 0 unspecified atom stereocenters. The minimum atomic E-state index is 0.797. The molecule has 0 saturated carbocycles. The van der Waals surface area contributed by atoms with Crippen molar-refractivity contribution < 1.29 is 0 Å². The Bertz CT molecular complexity index is 273. The van der Waals surface area contributed by atoms with Crippen LogP contribution >= 0.6 is 12.6 Å². The highest BCUT2D eigenvalue weighted by Crippen LogP contribution is 2.18. The van der Waals surface area contributed by atoms with Crippen molar-refractivity contribution in [3.63, 3.8) is 0 Å². The van der Waals surface area contributed by atoms with Crippen LogP contribution in [0.4, 0.5) is 0 Å². The van der Waals surface area contributed by atoms with E-state index in [4.69, 9.17) is 5.73 Å². The lowest BCUT2D eigenvalue weighted by molar-refractivity contribution is 0.463. The zero-order valence-corrected chi connectivity index (χ0v) is 10.4. The first-order valence-electron chi connectivity index (χ1n) is 4.55. The molecule has 0 amide bonds. The van der Waals surface area contributed by atoms with Crippen LogP contribution in [-0.2, 0) is 0 Å². The summed E-state index contributed by atoms with van der Waals surface area (Å²) in [5.74, 6) is 0. The number of nitrogens with zero attached hydrogens (tertiary/aromatic N) is 1. The monoisotopic (exact) mass is 212 g/mol. The van der Waals surface area contributed by atoms with Gasteiger partial charge in [0.15, 0.2) is 0 Å². The third-order valence-corrected chi connectivity index (χ3v) is 2.71. The first-order valence-corrected chi connectivity index (χ1v) is 5.00. The minimum Gasteiger partial charge on any atom is -0.402 e. The van der Waals surface area contributed by atoms with Crippen LogP contribution in [0.2, 0.25) is 0 Å². The van der Waals surface area contributed by atoms with Gasteiger partial charge in [-0.1, -0.05) is 6.58 Å². The predicted molar refractivity (Wildman–Crippen MR) is 67.1 cm³/mol. The highest BCUT2D eigenvalue weighted by Gasteiger charge is 2.02. The van der Waals surface area contributed by atoms with Crippen molar-refractivity contribution in [2.75, 3.05) is 13.6 Å². The second-order valence-electron chi connectivity index (χ2n) is 3.54. The van der Waals surface area contributed by atoms with Gasteiger partial charge in [-0.25, -0.2) is 0 Å². The summed E-state index contributed by atoms with van der Waals surface area (Å²) in [6.07, 6.45) is 1.98. The Hall–Kier alpha value is -0.830. The fraction of sp³-hybridized carbons (Fsp3) is 0.455. The molecule has 0 aliphatic heterocycles. The van der Waals surface area contributed by atoms with Crippen LogP contribution in [0.15, 0.2) is 34.5 Å². The van der Waals surface area contributed by atoms with E-state index in [2.05, 4.69) is 24.1 Å². The number of hydrogen-bond acceptors (Lipinski definition) is 3. The van der Waals surface area contributed by atoms with E-state index in [1.807, 2.05) is 33.9 Å². The number of likely N-dealkylation sites (N-methyl/N-ethyl adjacent to an activating group) is 1. The predicted octanol–water partition coefficient (Wildman–Crippen LogP) is 2.52. The number of allylic oxidation sites excluding steroid dienone is 3. The zero-order valence-electron chi connectivity index (χ0n) is 9.46. The molecule has 0 rings (SSSR count). The molecule has 0 bridgehead atoms. The molecule has 2 N–H and O–H groups in total. The summed E-state index contributed by atoms with van der Waals surface area (Å²) in [5, 5.41) is 0. The quantitative estimate of drug-likeness (QED) is 0.554. The van der Waals surface area contributed by atoms with Gasteiger partial charge in [-0.2, -0.15) is 0 Å². The van der Waals surface area contributed by atoms with E-state index < -0.39 is 0 Å². The molecular formula is C11H20N2S. The van der Waals surface area contributed by atoms with Gasteiger partial charge in [0.2, 0.25) is 0 Å².